The van der Waals surface area contributed by atoms with E-state index in [-0.39, 0.29) is 16.9 Å². The van der Waals surface area contributed by atoms with Crippen molar-refractivity contribution >= 4 is 11.4 Å². The van der Waals surface area contributed by atoms with Crippen molar-refractivity contribution in [3.63, 3.8) is 0 Å². The van der Waals surface area contributed by atoms with Crippen molar-refractivity contribution in [3.05, 3.63) is 76.4 Å². The number of para-hydroxylation sites is 1. The van der Waals surface area contributed by atoms with Crippen LogP contribution in [0.4, 0.5) is 5.69 Å². The molecule has 1 aliphatic heterocycles. The van der Waals surface area contributed by atoms with E-state index in [4.69, 9.17) is 10.5 Å². The van der Waals surface area contributed by atoms with E-state index in [1.54, 1.807) is 6.08 Å². The highest BCUT2D eigenvalue weighted by molar-refractivity contribution is 6.03. The number of benzene rings is 1. The highest BCUT2D eigenvalue weighted by atomic mass is 15.0. The zero-order valence-corrected chi connectivity index (χ0v) is 16.5. The Hall–Kier alpha value is -3.68. The van der Waals surface area contributed by atoms with Crippen molar-refractivity contribution in [2.45, 2.75) is 26.2 Å². The van der Waals surface area contributed by atoms with Gasteiger partial charge in [-0.2, -0.15) is 20.4 Å². The fourth-order valence-electron chi connectivity index (χ4n) is 3.97. The summed E-state index contributed by atoms with van der Waals surface area (Å²) >= 11 is 0. The van der Waals surface area contributed by atoms with Crippen LogP contribution in [0.1, 0.15) is 26.3 Å². The first-order valence-electron chi connectivity index (χ1n) is 9.09. The second-order valence-corrected chi connectivity index (χ2v) is 7.54. The summed E-state index contributed by atoms with van der Waals surface area (Å²) in [6, 6.07) is 14.5. The van der Waals surface area contributed by atoms with Gasteiger partial charge in [0.15, 0.2) is 5.71 Å². The van der Waals surface area contributed by atoms with E-state index in [1.165, 1.54) is 5.56 Å². The molecule has 0 saturated carbocycles. The first kappa shape index (κ1) is 19.1. The lowest BCUT2D eigenvalue weighted by atomic mass is 9.79. The van der Waals surface area contributed by atoms with Crippen LogP contribution in [0, 0.1) is 39.9 Å². The lowest BCUT2D eigenvalue weighted by Crippen LogP contribution is -2.27. The molecule has 136 valence electrons. The number of nitrogens with zero attached hydrogens (tertiary/aromatic N) is 4. The second kappa shape index (κ2) is 7.15. The maximum Gasteiger partial charge on any atom is 0.209 e. The third kappa shape index (κ3) is 2.98. The van der Waals surface area contributed by atoms with E-state index in [2.05, 4.69) is 36.6 Å². The van der Waals surface area contributed by atoms with Gasteiger partial charge in [0.2, 0.25) is 5.69 Å². The first-order chi connectivity index (χ1) is 13.3. The van der Waals surface area contributed by atoms with Gasteiger partial charge in [-0.05, 0) is 26.3 Å². The van der Waals surface area contributed by atoms with Crippen LogP contribution in [0.3, 0.4) is 0 Å². The predicted molar refractivity (Wildman–Crippen MR) is 109 cm³/mol. The minimum Gasteiger partial charge on any atom is -0.198 e. The van der Waals surface area contributed by atoms with Crippen LogP contribution < -0.4 is 0 Å². The Balaban J connectivity index is 2.05. The normalized spacial score (nSPS) is 20.0. The van der Waals surface area contributed by atoms with Crippen molar-refractivity contribution in [1.82, 2.24) is 0 Å². The Morgan fingerprint density at radius 1 is 1.11 bits per heavy atom. The molecule has 1 atom stereocenters. The van der Waals surface area contributed by atoms with Gasteiger partial charge in [0.1, 0.15) is 24.8 Å². The molecule has 1 aromatic carbocycles. The summed E-state index contributed by atoms with van der Waals surface area (Å²) in [6.07, 6.45) is 7.56. The lowest BCUT2D eigenvalue weighted by molar-refractivity contribution is -0.401. The average Bonchev–Trinajstić information content (AvgIpc) is 2.88. The van der Waals surface area contributed by atoms with Gasteiger partial charge in [0, 0.05) is 34.8 Å². The number of hydrogen-bond acceptors (Lipinski definition) is 3. The molecule has 28 heavy (non-hydrogen) atoms. The van der Waals surface area contributed by atoms with Crippen molar-refractivity contribution in [2.24, 2.45) is 5.92 Å². The van der Waals surface area contributed by atoms with E-state index in [0.29, 0.717) is 11.1 Å². The highest BCUT2D eigenvalue weighted by Crippen LogP contribution is 2.40. The first-order valence-corrected chi connectivity index (χ1v) is 9.09. The Kier molecular flexibility index (Phi) is 4.87. The molecule has 1 heterocycles. The topological polar surface area (TPSA) is 74.4 Å². The van der Waals surface area contributed by atoms with Crippen LogP contribution in [0.15, 0.2) is 70.9 Å². The number of nitriles is 3. The van der Waals surface area contributed by atoms with Gasteiger partial charge in [0.05, 0.1) is 11.5 Å². The number of hydrogen-bond donors (Lipinski definition) is 0. The van der Waals surface area contributed by atoms with Crippen LogP contribution in [0.25, 0.3) is 0 Å². The van der Waals surface area contributed by atoms with E-state index < -0.39 is 0 Å². The van der Waals surface area contributed by atoms with Gasteiger partial charge in [0.25, 0.3) is 0 Å². The summed E-state index contributed by atoms with van der Waals surface area (Å²) < 4.78 is 2.14. The summed E-state index contributed by atoms with van der Waals surface area (Å²) in [6.45, 7) is 6.20. The van der Waals surface area contributed by atoms with Gasteiger partial charge in [-0.15, -0.1) is 0 Å². The molecule has 0 aromatic heterocycles. The number of fused-ring (bicyclic) bond motifs is 1. The molecule has 0 bridgehead atoms. The Morgan fingerprint density at radius 3 is 2.36 bits per heavy atom. The third-order valence-corrected chi connectivity index (χ3v) is 5.54. The Labute approximate surface area is 166 Å². The number of rotatable bonds is 2. The van der Waals surface area contributed by atoms with Gasteiger partial charge in [-0.1, -0.05) is 36.4 Å². The maximum absolute atomic E-state index is 9.84. The molecule has 0 radical (unpaired) electrons. The van der Waals surface area contributed by atoms with Gasteiger partial charge in [-0.25, -0.2) is 0 Å². The third-order valence-electron chi connectivity index (χ3n) is 5.54. The minimum atomic E-state index is -0.204. The predicted octanol–water partition coefficient (Wildman–Crippen LogP) is 4.62. The molecule has 4 heteroatoms. The highest BCUT2D eigenvalue weighted by Gasteiger charge is 2.43. The molecule has 1 aromatic rings. The maximum atomic E-state index is 9.84. The molecule has 0 saturated heterocycles. The molecule has 4 nitrogen and oxygen atoms in total. The van der Waals surface area contributed by atoms with Gasteiger partial charge in [-0.3, -0.25) is 0 Å². The fraction of sp³-hybridized carbons (Fsp3) is 0.250. The molecule has 0 fully saturated rings. The molecule has 3 rings (SSSR count). The summed E-state index contributed by atoms with van der Waals surface area (Å²) in [5.74, 6) is -0.187. The standard InChI is InChI=1S/C24H21N4/c1-16-11-17(9-10-20(16)19(14-26)15-27)18(13-25)12-23-24(2,3)21-7-5-6-8-22(21)28(23)4/h5-12,17H,1-4H3/q+1/b18-12+. The quantitative estimate of drug-likeness (QED) is 0.567. The van der Waals surface area contributed by atoms with Crippen molar-refractivity contribution < 1.29 is 4.58 Å². The number of allylic oxidation sites excluding steroid dienone is 8. The molecular weight excluding hydrogens is 344 g/mol. The zero-order valence-electron chi connectivity index (χ0n) is 16.5. The van der Waals surface area contributed by atoms with E-state index in [1.807, 2.05) is 56.5 Å². The van der Waals surface area contributed by atoms with E-state index >= 15 is 0 Å². The summed E-state index contributed by atoms with van der Waals surface area (Å²) in [5, 5.41) is 28.1. The minimum absolute atomic E-state index is 0.0902. The summed E-state index contributed by atoms with van der Waals surface area (Å²) in [5.41, 5.74) is 5.44. The molecule has 0 N–H and O–H groups in total. The van der Waals surface area contributed by atoms with Crippen molar-refractivity contribution in [3.8, 4) is 18.2 Å². The smallest absolute Gasteiger partial charge is 0.198 e. The molecule has 0 spiro atoms. The van der Waals surface area contributed by atoms with E-state index in [0.717, 1.165) is 17.0 Å². The monoisotopic (exact) mass is 365 g/mol. The molecule has 0 amide bonds. The average molecular weight is 365 g/mol. The molecule has 1 aliphatic carbocycles. The van der Waals surface area contributed by atoms with Gasteiger partial charge < -0.3 is 0 Å². The molecule has 1 unspecified atom stereocenters. The lowest BCUT2D eigenvalue weighted by Gasteiger charge is -2.18. The zero-order chi connectivity index (χ0) is 20.5. The molecular formula is C24H21N4+. The summed E-state index contributed by atoms with van der Waals surface area (Å²) in [7, 11) is 2.03. The fourth-order valence-corrected chi connectivity index (χ4v) is 3.97. The van der Waals surface area contributed by atoms with Crippen LogP contribution in [-0.4, -0.2) is 17.3 Å². The summed E-state index contributed by atoms with van der Waals surface area (Å²) in [4.78, 5) is 0. The van der Waals surface area contributed by atoms with Crippen LogP contribution in [0.5, 0.6) is 0 Å². The van der Waals surface area contributed by atoms with E-state index in [9.17, 15) is 5.26 Å². The largest absolute Gasteiger partial charge is 0.209 e. The van der Waals surface area contributed by atoms with Crippen LogP contribution >= 0.6 is 0 Å². The van der Waals surface area contributed by atoms with Crippen LogP contribution in [-0.2, 0) is 5.41 Å². The SMILES string of the molecule is CC1=CC(/C(C#N)=C/C2=[N+](C)c3ccccc3C2(C)C)C=CC1=C(C#N)C#N. The van der Waals surface area contributed by atoms with Crippen LogP contribution in [0.2, 0.25) is 0 Å². The Morgan fingerprint density at radius 2 is 1.79 bits per heavy atom. The second-order valence-electron chi connectivity index (χ2n) is 7.54. The van der Waals surface area contributed by atoms with Crippen molar-refractivity contribution in [1.29, 1.82) is 15.8 Å². The molecule has 2 aliphatic rings. The Bertz CT molecular complexity index is 1120. The van der Waals surface area contributed by atoms with Crippen molar-refractivity contribution in [2.75, 3.05) is 7.05 Å². The van der Waals surface area contributed by atoms with Gasteiger partial charge >= 0.3 is 0 Å².